The molecule has 0 fully saturated rings. The molecule has 3 aromatic heterocycles. The standard InChI is InChI=1S/C23H21N3O8/c1-12-8-16(28)21(30)22(33-12)14(13-5-6-15(27)18(9-13)31-2)10-19(29)24-11-20-25-23(26-34-20)17-4-3-7-32-17/h3-9,14,27,30H,10-11H2,1-2H3,(H,24,29)/t14-/m1/s1. The Morgan fingerprint density at radius 3 is 2.79 bits per heavy atom. The average Bonchev–Trinajstić information content (AvgIpc) is 3.51. The number of phenolic OH excluding ortho intramolecular Hbond substituents is 1. The first-order valence-electron chi connectivity index (χ1n) is 10.2. The molecule has 0 spiro atoms. The van der Waals surface area contributed by atoms with E-state index in [0.29, 0.717) is 11.3 Å². The Morgan fingerprint density at radius 2 is 2.06 bits per heavy atom. The minimum Gasteiger partial charge on any atom is -0.504 e. The van der Waals surface area contributed by atoms with E-state index in [0.717, 1.165) is 6.07 Å². The highest BCUT2D eigenvalue weighted by atomic mass is 16.5. The van der Waals surface area contributed by atoms with Gasteiger partial charge in [0.05, 0.1) is 25.8 Å². The highest BCUT2D eigenvalue weighted by molar-refractivity contribution is 5.77. The number of amides is 1. The summed E-state index contributed by atoms with van der Waals surface area (Å²) >= 11 is 0. The van der Waals surface area contributed by atoms with Gasteiger partial charge in [-0.2, -0.15) is 4.98 Å². The zero-order chi connectivity index (χ0) is 24.2. The van der Waals surface area contributed by atoms with Gasteiger partial charge in [0.1, 0.15) is 5.76 Å². The lowest BCUT2D eigenvalue weighted by Crippen LogP contribution is -2.25. The maximum atomic E-state index is 12.8. The van der Waals surface area contributed by atoms with Crippen LogP contribution in [0.5, 0.6) is 17.2 Å². The average molecular weight is 467 g/mol. The van der Waals surface area contributed by atoms with Crippen molar-refractivity contribution in [2.45, 2.75) is 25.8 Å². The molecular formula is C23H21N3O8. The van der Waals surface area contributed by atoms with Crippen LogP contribution in [0.25, 0.3) is 11.6 Å². The summed E-state index contributed by atoms with van der Waals surface area (Å²) < 4.78 is 21.1. The van der Waals surface area contributed by atoms with Crippen molar-refractivity contribution < 1.29 is 33.1 Å². The van der Waals surface area contributed by atoms with Gasteiger partial charge < -0.3 is 33.6 Å². The van der Waals surface area contributed by atoms with E-state index in [4.69, 9.17) is 18.1 Å². The van der Waals surface area contributed by atoms with Crippen molar-refractivity contribution in [1.82, 2.24) is 15.5 Å². The fourth-order valence-electron chi connectivity index (χ4n) is 3.40. The van der Waals surface area contributed by atoms with E-state index < -0.39 is 23.0 Å². The Labute approximate surface area is 192 Å². The van der Waals surface area contributed by atoms with Gasteiger partial charge in [0.25, 0.3) is 0 Å². The van der Waals surface area contributed by atoms with Gasteiger partial charge in [0.15, 0.2) is 23.0 Å². The smallest absolute Gasteiger partial charge is 0.246 e. The quantitative estimate of drug-likeness (QED) is 0.351. The molecule has 1 amide bonds. The third-order valence-electron chi connectivity index (χ3n) is 5.03. The van der Waals surface area contributed by atoms with Crippen LogP contribution in [-0.2, 0) is 11.3 Å². The van der Waals surface area contributed by atoms with Gasteiger partial charge in [-0.15, -0.1) is 0 Å². The Kier molecular flexibility index (Phi) is 6.35. The van der Waals surface area contributed by atoms with E-state index in [1.807, 2.05) is 0 Å². The topological polar surface area (TPSA) is 161 Å². The molecule has 176 valence electrons. The SMILES string of the molecule is COc1cc([C@@H](CC(=O)NCc2nc(-c3ccco3)no2)c2oc(C)cc(=O)c2O)ccc1O. The number of aromatic hydroxyl groups is 2. The molecule has 4 aromatic rings. The number of nitrogens with one attached hydrogen (secondary N) is 1. The maximum Gasteiger partial charge on any atom is 0.246 e. The van der Waals surface area contributed by atoms with E-state index in [9.17, 15) is 19.8 Å². The number of nitrogens with zero attached hydrogens (tertiary/aromatic N) is 2. The number of ether oxygens (including phenoxy) is 1. The molecule has 34 heavy (non-hydrogen) atoms. The second-order valence-corrected chi connectivity index (χ2v) is 7.39. The van der Waals surface area contributed by atoms with Crippen LogP contribution in [-0.4, -0.2) is 33.4 Å². The number of hydrogen-bond donors (Lipinski definition) is 3. The summed E-state index contributed by atoms with van der Waals surface area (Å²) in [6.45, 7) is 1.51. The van der Waals surface area contributed by atoms with Gasteiger partial charge in [-0.3, -0.25) is 9.59 Å². The zero-order valence-corrected chi connectivity index (χ0v) is 18.3. The molecule has 0 saturated carbocycles. The molecular weight excluding hydrogens is 446 g/mol. The molecule has 0 aliphatic rings. The first kappa shape index (κ1) is 22.6. The molecule has 1 atom stereocenters. The number of rotatable bonds is 8. The Hall–Kier alpha value is -4.54. The van der Waals surface area contributed by atoms with Gasteiger partial charge in [-0.1, -0.05) is 11.2 Å². The van der Waals surface area contributed by atoms with Gasteiger partial charge in [0, 0.05) is 12.5 Å². The van der Waals surface area contributed by atoms with E-state index in [1.54, 1.807) is 25.1 Å². The van der Waals surface area contributed by atoms with Crippen molar-refractivity contribution in [1.29, 1.82) is 0 Å². The normalized spacial score (nSPS) is 11.8. The molecule has 0 aliphatic heterocycles. The number of aryl methyl sites for hydroxylation is 1. The van der Waals surface area contributed by atoms with Crippen molar-refractivity contribution in [2.75, 3.05) is 7.11 Å². The largest absolute Gasteiger partial charge is 0.504 e. The van der Waals surface area contributed by atoms with Gasteiger partial charge in [-0.05, 0) is 36.8 Å². The third-order valence-corrected chi connectivity index (χ3v) is 5.03. The van der Waals surface area contributed by atoms with Gasteiger partial charge in [0.2, 0.25) is 28.8 Å². The summed E-state index contributed by atoms with van der Waals surface area (Å²) in [6, 6.07) is 8.95. The van der Waals surface area contributed by atoms with Crippen molar-refractivity contribution in [3.8, 4) is 28.8 Å². The molecule has 0 unspecified atom stereocenters. The Balaban J connectivity index is 1.57. The van der Waals surface area contributed by atoms with Crippen LogP contribution < -0.4 is 15.5 Å². The summed E-state index contributed by atoms with van der Waals surface area (Å²) in [5, 5.41) is 26.8. The first-order valence-corrected chi connectivity index (χ1v) is 10.2. The predicted octanol–water partition coefficient (Wildman–Crippen LogP) is 2.85. The number of benzene rings is 1. The molecule has 0 aliphatic carbocycles. The molecule has 11 heteroatoms. The summed E-state index contributed by atoms with van der Waals surface area (Å²) in [5.74, 6) is -0.829. The minimum absolute atomic E-state index is 0.0537. The van der Waals surface area contributed by atoms with E-state index >= 15 is 0 Å². The second kappa shape index (κ2) is 9.53. The number of carbonyl (C=O) groups is 1. The van der Waals surface area contributed by atoms with Crippen molar-refractivity contribution in [3.63, 3.8) is 0 Å². The van der Waals surface area contributed by atoms with Crippen LogP contribution in [0.15, 0.2) is 60.8 Å². The van der Waals surface area contributed by atoms with Crippen LogP contribution in [0.4, 0.5) is 0 Å². The summed E-state index contributed by atoms with van der Waals surface area (Å²) in [6.07, 6.45) is 1.28. The number of furan rings is 1. The zero-order valence-electron chi connectivity index (χ0n) is 18.3. The number of methoxy groups -OCH3 is 1. The first-order chi connectivity index (χ1) is 16.4. The highest BCUT2D eigenvalue weighted by Crippen LogP contribution is 2.37. The molecule has 4 rings (SSSR count). The summed E-state index contributed by atoms with van der Waals surface area (Å²) in [4.78, 5) is 29.1. The third kappa shape index (κ3) is 4.77. The van der Waals surface area contributed by atoms with Crippen molar-refractivity contribution in [3.05, 3.63) is 75.9 Å². The van der Waals surface area contributed by atoms with Gasteiger partial charge in [-0.25, -0.2) is 0 Å². The number of phenols is 1. The molecule has 1 aromatic carbocycles. The molecule has 0 saturated heterocycles. The second-order valence-electron chi connectivity index (χ2n) is 7.39. The summed E-state index contributed by atoms with van der Waals surface area (Å²) in [5.41, 5.74) is -0.155. The highest BCUT2D eigenvalue weighted by Gasteiger charge is 2.27. The molecule has 0 bridgehead atoms. The van der Waals surface area contributed by atoms with E-state index in [2.05, 4.69) is 15.5 Å². The number of carbonyl (C=O) groups excluding carboxylic acids is 1. The van der Waals surface area contributed by atoms with Crippen LogP contribution in [0.2, 0.25) is 0 Å². The molecule has 3 heterocycles. The predicted molar refractivity (Wildman–Crippen MR) is 116 cm³/mol. The Bertz CT molecular complexity index is 1360. The number of aromatic nitrogens is 2. The van der Waals surface area contributed by atoms with E-state index in [-0.39, 0.29) is 47.7 Å². The number of hydrogen-bond acceptors (Lipinski definition) is 10. The lowest BCUT2D eigenvalue weighted by molar-refractivity contribution is -0.121. The lowest BCUT2D eigenvalue weighted by Gasteiger charge is -2.18. The molecule has 3 N–H and O–H groups in total. The lowest BCUT2D eigenvalue weighted by atomic mass is 9.91. The maximum absolute atomic E-state index is 12.8. The minimum atomic E-state index is -0.858. The van der Waals surface area contributed by atoms with Crippen LogP contribution in [0.3, 0.4) is 0 Å². The summed E-state index contributed by atoms with van der Waals surface area (Å²) in [7, 11) is 1.38. The van der Waals surface area contributed by atoms with Crippen LogP contribution in [0.1, 0.15) is 35.3 Å². The molecule has 11 nitrogen and oxygen atoms in total. The fourth-order valence-corrected chi connectivity index (χ4v) is 3.40. The fraction of sp³-hybridized carbons (Fsp3) is 0.217. The van der Waals surface area contributed by atoms with Crippen LogP contribution >= 0.6 is 0 Å². The van der Waals surface area contributed by atoms with Crippen molar-refractivity contribution >= 4 is 5.91 Å². The van der Waals surface area contributed by atoms with Crippen molar-refractivity contribution in [2.24, 2.45) is 0 Å². The molecule has 0 radical (unpaired) electrons. The van der Waals surface area contributed by atoms with Crippen LogP contribution in [0, 0.1) is 6.92 Å². The van der Waals surface area contributed by atoms with Gasteiger partial charge >= 0.3 is 0 Å². The Morgan fingerprint density at radius 1 is 1.24 bits per heavy atom. The monoisotopic (exact) mass is 467 g/mol. The van der Waals surface area contributed by atoms with E-state index in [1.165, 1.54) is 25.5 Å².